The molecule has 138 valence electrons. The first-order valence-electron chi connectivity index (χ1n) is 9.83. The van der Waals surface area contributed by atoms with Gasteiger partial charge >= 0.3 is 0 Å². The van der Waals surface area contributed by atoms with Crippen LogP contribution in [0, 0.1) is 11.8 Å². The van der Waals surface area contributed by atoms with Gasteiger partial charge in [0.1, 0.15) is 7.11 Å². The molecule has 0 aliphatic rings. The van der Waals surface area contributed by atoms with Crippen LogP contribution in [0.2, 0.25) is 0 Å². The zero-order chi connectivity index (χ0) is 17.8. The highest BCUT2D eigenvalue weighted by Gasteiger charge is 1.92. The highest BCUT2D eigenvalue weighted by Crippen LogP contribution is 2.09. The molecule has 1 aromatic heterocycles. The summed E-state index contributed by atoms with van der Waals surface area (Å²) >= 11 is 0. The lowest BCUT2D eigenvalue weighted by Crippen LogP contribution is -1.85. The maximum atomic E-state index is 4.64. The fraction of sp³-hybridized carbons (Fsp3) is 0.636. The molecule has 1 heterocycles. The van der Waals surface area contributed by atoms with Crippen molar-refractivity contribution in [1.29, 1.82) is 0 Å². The Hall–Kier alpha value is -1.82. The number of nitrogens with zero attached hydrogens (tertiary/aromatic N) is 2. The summed E-state index contributed by atoms with van der Waals surface area (Å²) in [5, 5.41) is 3.74. The number of aromatic nitrogens is 1. The molecule has 0 saturated heterocycles. The molecule has 3 heteroatoms. The number of hydrogen-bond donors (Lipinski definition) is 0. The van der Waals surface area contributed by atoms with E-state index in [-0.39, 0.29) is 0 Å². The van der Waals surface area contributed by atoms with Crippen molar-refractivity contribution in [3.63, 3.8) is 0 Å². The van der Waals surface area contributed by atoms with Crippen LogP contribution in [0.25, 0.3) is 0 Å². The molecule has 0 fully saturated rings. The Balaban J connectivity index is 1.80. The van der Waals surface area contributed by atoms with E-state index in [9.17, 15) is 0 Å². The molecule has 0 amide bonds. The Morgan fingerprint density at radius 1 is 0.960 bits per heavy atom. The van der Waals surface area contributed by atoms with Gasteiger partial charge < -0.3 is 4.84 Å². The van der Waals surface area contributed by atoms with Crippen LogP contribution >= 0.6 is 0 Å². The van der Waals surface area contributed by atoms with Crippen LogP contribution in [0.5, 0.6) is 0 Å². The molecule has 0 atom stereocenters. The van der Waals surface area contributed by atoms with Crippen molar-refractivity contribution in [2.24, 2.45) is 5.16 Å². The molecule has 0 unspecified atom stereocenters. The lowest BCUT2D eigenvalue weighted by Gasteiger charge is -1.99. The second-order valence-electron chi connectivity index (χ2n) is 6.41. The van der Waals surface area contributed by atoms with E-state index in [2.05, 4.69) is 32.9 Å². The molecule has 0 spiro atoms. The van der Waals surface area contributed by atoms with E-state index >= 15 is 0 Å². The second-order valence-corrected chi connectivity index (χ2v) is 6.41. The summed E-state index contributed by atoms with van der Waals surface area (Å²) in [6.07, 6.45) is 21.4. The van der Waals surface area contributed by atoms with Crippen LogP contribution in [-0.2, 0) is 11.3 Å². The van der Waals surface area contributed by atoms with Gasteiger partial charge in [-0.1, -0.05) is 43.3 Å². The van der Waals surface area contributed by atoms with E-state index in [1.54, 1.807) is 7.11 Å². The third kappa shape index (κ3) is 14.2. The predicted octanol–water partition coefficient (Wildman–Crippen LogP) is 5.94. The molecule has 0 aromatic carbocycles. The molecule has 0 aliphatic heterocycles. The van der Waals surface area contributed by atoms with Gasteiger partial charge in [-0.05, 0) is 50.2 Å². The monoisotopic (exact) mass is 342 g/mol. The minimum Gasteiger partial charge on any atom is -0.399 e. The second kappa shape index (κ2) is 17.0. The average Bonchev–Trinajstić information content (AvgIpc) is 2.65. The van der Waals surface area contributed by atoms with Crippen LogP contribution in [0.15, 0.2) is 29.7 Å². The number of pyridine rings is 1. The van der Waals surface area contributed by atoms with Gasteiger partial charge in [0.15, 0.2) is 0 Å². The standard InChI is InChI=1S/C22H34N2O/c1-25-24-20-15-13-11-9-7-5-3-2-4-6-8-10-12-14-17-22-18-16-19-23-21-22/h16,18-21H,2-5,7,9-15,17H2,1H3/b24-20-. The summed E-state index contributed by atoms with van der Waals surface area (Å²) in [5.74, 6) is 6.65. The fourth-order valence-electron chi connectivity index (χ4n) is 2.73. The lowest BCUT2D eigenvalue weighted by atomic mass is 10.1. The maximum absolute atomic E-state index is 4.64. The number of hydrogen-bond acceptors (Lipinski definition) is 3. The van der Waals surface area contributed by atoms with E-state index in [0.29, 0.717) is 0 Å². The molecule has 25 heavy (non-hydrogen) atoms. The Morgan fingerprint density at radius 2 is 1.64 bits per heavy atom. The van der Waals surface area contributed by atoms with E-state index in [1.807, 2.05) is 24.7 Å². The zero-order valence-electron chi connectivity index (χ0n) is 15.9. The minimum absolute atomic E-state index is 1.03. The van der Waals surface area contributed by atoms with Crippen molar-refractivity contribution in [1.82, 2.24) is 4.98 Å². The number of unbranched alkanes of at least 4 members (excludes halogenated alkanes) is 10. The lowest BCUT2D eigenvalue weighted by molar-refractivity contribution is 0.214. The first-order chi connectivity index (χ1) is 12.4. The first-order valence-corrected chi connectivity index (χ1v) is 9.83. The van der Waals surface area contributed by atoms with Crippen molar-refractivity contribution in [3.05, 3.63) is 30.1 Å². The van der Waals surface area contributed by atoms with Crippen molar-refractivity contribution >= 4 is 6.21 Å². The van der Waals surface area contributed by atoms with E-state index in [0.717, 1.165) is 25.7 Å². The Morgan fingerprint density at radius 3 is 2.32 bits per heavy atom. The van der Waals surface area contributed by atoms with Crippen LogP contribution < -0.4 is 0 Å². The molecule has 0 saturated carbocycles. The molecule has 3 nitrogen and oxygen atoms in total. The predicted molar refractivity (Wildman–Crippen MR) is 107 cm³/mol. The van der Waals surface area contributed by atoms with Gasteiger partial charge in [0.25, 0.3) is 0 Å². The van der Waals surface area contributed by atoms with Crippen LogP contribution in [-0.4, -0.2) is 18.3 Å². The van der Waals surface area contributed by atoms with Gasteiger partial charge in [-0.25, -0.2) is 0 Å². The highest BCUT2D eigenvalue weighted by atomic mass is 16.6. The smallest absolute Gasteiger partial charge is 0.106 e. The van der Waals surface area contributed by atoms with Crippen molar-refractivity contribution < 1.29 is 4.84 Å². The van der Waals surface area contributed by atoms with Gasteiger partial charge in [0.2, 0.25) is 0 Å². The molecular weight excluding hydrogens is 308 g/mol. The number of aryl methyl sites for hydroxylation is 1. The maximum Gasteiger partial charge on any atom is 0.106 e. The van der Waals surface area contributed by atoms with Crippen LogP contribution in [0.4, 0.5) is 0 Å². The molecule has 0 N–H and O–H groups in total. The third-order valence-electron chi connectivity index (χ3n) is 4.18. The molecule has 1 rings (SSSR count). The summed E-state index contributed by atoms with van der Waals surface area (Å²) in [5.41, 5.74) is 1.33. The van der Waals surface area contributed by atoms with Crippen LogP contribution in [0.1, 0.15) is 82.6 Å². The summed E-state index contributed by atoms with van der Waals surface area (Å²) < 4.78 is 0. The Bertz CT molecular complexity index is 488. The third-order valence-corrected chi connectivity index (χ3v) is 4.18. The molecular formula is C22H34N2O. The molecule has 0 bridgehead atoms. The van der Waals surface area contributed by atoms with Crippen molar-refractivity contribution in [2.75, 3.05) is 7.11 Å². The molecule has 0 aliphatic carbocycles. The summed E-state index contributed by atoms with van der Waals surface area (Å²) in [7, 11) is 1.59. The van der Waals surface area contributed by atoms with Crippen LogP contribution in [0.3, 0.4) is 0 Å². The van der Waals surface area contributed by atoms with E-state index < -0.39 is 0 Å². The van der Waals surface area contributed by atoms with Gasteiger partial charge in [0.05, 0.1) is 0 Å². The Kier molecular flexibility index (Phi) is 14.4. The Labute approximate surface area is 154 Å². The SMILES string of the molecule is CO/N=C\CCCCCCCCCC#CCCCCc1cccnc1. The molecule has 0 radical (unpaired) electrons. The number of oxime groups is 1. The highest BCUT2D eigenvalue weighted by molar-refractivity contribution is 5.55. The van der Waals surface area contributed by atoms with E-state index in [4.69, 9.17) is 0 Å². The van der Waals surface area contributed by atoms with Gasteiger partial charge in [-0.15, -0.1) is 11.8 Å². The first kappa shape index (κ1) is 21.2. The summed E-state index contributed by atoms with van der Waals surface area (Å²) in [6, 6.07) is 4.15. The average molecular weight is 343 g/mol. The number of rotatable bonds is 14. The zero-order valence-corrected chi connectivity index (χ0v) is 15.9. The summed E-state index contributed by atoms with van der Waals surface area (Å²) in [4.78, 5) is 8.78. The molecule has 1 aromatic rings. The van der Waals surface area contributed by atoms with Gasteiger partial charge in [0, 0.05) is 31.4 Å². The fourth-order valence-corrected chi connectivity index (χ4v) is 2.73. The minimum atomic E-state index is 1.03. The largest absolute Gasteiger partial charge is 0.399 e. The van der Waals surface area contributed by atoms with E-state index in [1.165, 1.54) is 63.4 Å². The van der Waals surface area contributed by atoms with Crippen molar-refractivity contribution in [3.8, 4) is 11.8 Å². The quantitative estimate of drug-likeness (QED) is 0.181. The normalized spacial score (nSPS) is 10.6. The summed E-state index contributed by atoms with van der Waals surface area (Å²) in [6.45, 7) is 0. The topological polar surface area (TPSA) is 34.5 Å². The van der Waals surface area contributed by atoms with Gasteiger partial charge in [-0.3, -0.25) is 4.98 Å². The van der Waals surface area contributed by atoms with Crippen molar-refractivity contribution in [2.45, 2.75) is 83.5 Å². The van der Waals surface area contributed by atoms with Gasteiger partial charge in [-0.2, -0.15) is 0 Å².